The van der Waals surface area contributed by atoms with Crippen LogP contribution in [0.2, 0.25) is 0 Å². The van der Waals surface area contributed by atoms with Crippen LogP contribution in [0.15, 0.2) is 24.3 Å². The molecule has 0 unspecified atom stereocenters. The van der Waals surface area contributed by atoms with Crippen LogP contribution in [-0.2, 0) is 15.0 Å². The van der Waals surface area contributed by atoms with Crippen molar-refractivity contribution in [1.82, 2.24) is 0 Å². The third-order valence-corrected chi connectivity index (χ3v) is 2.71. The summed E-state index contributed by atoms with van der Waals surface area (Å²) in [5.41, 5.74) is 1.91. The first-order chi connectivity index (χ1) is 8.30. The van der Waals surface area contributed by atoms with Crippen LogP contribution in [0.3, 0.4) is 0 Å². The van der Waals surface area contributed by atoms with Crippen LogP contribution in [0.5, 0.6) is 0 Å². The molecule has 0 aliphatic rings. The van der Waals surface area contributed by atoms with Crippen molar-refractivity contribution in [3.63, 3.8) is 0 Å². The van der Waals surface area contributed by atoms with Crippen LogP contribution in [0, 0.1) is 0 Å². The second-order valence-corrected chi connectivity index (χ2v) is 5.55. The van der Waals surface area contributed by atoms with E-state index >= 15 is 0 Å². The average Bonchev–Trinajstić information content (AvgIpc) is 2.25. The molecule has 3 heteroatoms. The van der Waals surface area contributed by atoms with Gasteiger partial charge < -0.3 is 10.1 Å². The number of benzene rings is 1. The van der Waals surface area contributed by atoms with Gasteiger partial charge in [-0.05, 0) is 24.0 Å². The van der Waals surface area contributed by atoms with Crippen LogP contribution in [-0.4, -0.2) is 11.7 Å². The number of amides is 1. The second kappa shape index (κ2) is 5.80. The SMILES string of the molecule is CC(=O)CCC(=O)Nc1ccccc1C(C)(C)C. The number of nitrogens with one attached hydrogen (secondary N) is 1. The Balaban J connectivity index is 2.79. The number of hydrogen-bond donors (Lipinski definition) is 1. The van der Waals surface area contributed by atoms with Gasteiger partial charge in [-0.3, -0.25) is 4.79 Å². The van der Waals surface area contributed by atoms with Gasteiger partial charge in [0.2, 0.25) is 5.91 Å². The molecule has 0 aliphatic heterocycles. The van der Waals surface area contributed by atoms with Gasteiger partial charge in [0.05, 0.1) is 0 Å². The highest BCUT2D eigenvalue weighted by molar-refractivity contribution is 5.93. The van der Waals surface area contributed by atoms with Crippen LogP contribution < -0.4 is 5.32 Å². The van der Waals surface area contributed by atoms with Crippen LogP contribution in [0.4, 0.5) is 5.69 Å². The predicted molar refractivity (Wildman–Crippen MR) is 73.7 cm³/mol. The van der Waals surface area contributed by atoms with Crippen molar-refractivity contribution in [2.24, 2.45) is 0 Å². The fourth-order valence-electron chi connectivity index (χ4n) is 1.75. The standard InChI is InChI=1S/C15H21NO2/c1-11(17)9-10-14(18)16-13-8-6-5-7-12(13)15(2,3)4/h5-8H,9-10H2,1-4H3,(H,16,18). The molecule has 18 heavy (non-hydrogen) atoms. The maximum absolute atomic E-state index is 11.7. The molecule has 1 aromatic carbocycles. The van der Waals surface area contributed by atoms with Crippen LogP contribution >= 0.6 is 0 Å². The second-order valence-electron chi connectivity index (χ2n) is 5.55. The summed E-state index contributed by atoms with van der Waals surface area (Å²) in [5, 5.41) is 2.88. The summed E-state index contributed by atoms with van der Waals surface area (Å²) in [5.74, 6) is -0.0730. The van der Waals surface area contributed by atoms with E-state index in [1.165, 1.54) is 6.92 Å². The Morgan fingerprint density at radius 1 is 1.11 bits per heavy atom. The maximum Gasteiger partial charge on any atom is 0.224 e. The van der Waals surface area contributed by atoms with Gasteiger partial charge in [0, 0.05) is 18.5 Å². The van der Waals surface area contributed by atoms with Crippen molar-refractivity contribution in [3.8, 4) is 0 Å². The molecule has 0 aliphatic carbocycles. The van der Waals surface area contributed by atoms with E-state index in [-0.39, 0.29) is 23.5 Å². The van der Waals surface area contributed by atoms with E-state index in [1.807, 2.05) is 24.3 Å². The molecule has 0 aromatic heterocycles. The van der Waals surface area contributed by atoms with Gasteiger partial charge in [-0.2, -0.15) is 0 Å². The third kappa shape index (κ3) is 4.32. The molecule has 0 saturated carbocycles. The fraction of sp³-hybridized carbons (Fsp3) is 0.467. The molecule has 1 N–H and O–H groups in total. The lowest BCUT2D eigenvalue weighted by atomic mass is 9.86. The van der Waals surface area contributed by atoms with Crippen LogP contribution in [0.25, 0.3) is 0 Å². The minimum atomic E-state index is -0.109. The largest absolute Gasteiger partial charge is 0.326 e. The average molecular weight is 247 g/mol. The number of hydrogen-bond acceptors (Lipinski definition) is 2. The van der Waals surface area contributed by atoms with E-state index in [0.29, 0.717) is 6.42 Å². The van der Waals surface area contributed by atoms with E-state index in [1.54, 1.807) is 0 Å². The fourth-order valence-corrected chi connectivity index (χ4v) is 1.75. The molecule has 3 nitrogen and oxygen atoms in total. The van der Waals surface area contributed by atoms with Gasteiger partial charge in [-0.25, -0.2) is 0 Å². The topological polar surface area (TPSA) is 46.2 Å². The minimum Gasteiger partial charge on any atom is -0.326 e. The van der Waals surface area contributed by atoms with Crippen molar-refractivity contribution in [2.75, 3.05) is 5.32 Å². The molecule has 0 bridgehead atoms. The first-order valence-corrected chi connectivity index (χ1v) is 6.19. The number of para-hydroxylation sites is 1. The molecule has 0 radical (unpaired) electrons. The molecule has 1 amide bonds. The Kier molecular flexibility index (Phi) is 4.65. The number of rotatable bonds is 4. The third-order valence-electron chi connectivity index (χ3n) is 2.71. The Morgan fingerprint density at radius 3 is 2.28 bits per heavy atom. The van der Waals surface area contributed by atoms with Gasteiger partial charge in [-0.15, -0.1) is 0 Å². The van der Waals surface area contributed by atoms with E-state index in [4.69, 9.17) is 0 Å². The summed E-state index contributed by atoms with van der Waals surface area (Å²) in [6.45, 7) is 7.81. The Labute approximate surface area is 109 Å². The highest BCUT2D eigenvalue weighted by atomic mass is 16.2. The number of carbonyl (C=O) groups excluding carboxylic acids is 2. The summed E-state index contributed by atoms with van der Waals surface area (Å²) in [7, 11) is 0. The van der Waals surface area contributed by atoms with E-state index in [9.17, 15) is 9.59 Å². The molecule has 0 saturated heterocycles. The molecular formula is C15H21NO2. The minimum absolute atomic E-state index is 0.0234. The summed E-state index contributed by atoms with van der Waals surface area (Å²) in [6, 6.07) is 7.77. The van der Waals surface area contributed by atoms with Gasteiger partial charge in [0.25, 0.3) is 0 Å². The first-order valence-electron chi connectivity index (χ1n) is 6.19. The van der Waals surface area contributed by atoms with Crippen molar-refractivity contribution >= 4 is 17.4 Å². The zero-order valence-electron chi connectivity index (χ0n) is 11.5. The van der Waals surface area contributed by atoms with Crippen molar-refractivity contribution in [3.05, 3.63) is 29.8 Å². The Morgan fingerprint density at radius 2 is 1.72 bits per heavy atom. The molecule has 1 rings (SSSR count). The molecule has 0 spiro atoms. The Hall–Kier alpha value is -1.64. The number of anilines is 1. The van der Waals surface area contributed by atoms with E-state index < -0.39 is 0 Å². The first kappa shape index (κ1) is 14.4. The maximum atomic E-state index is 11.7. The van der Waals surface area contributed by atoms with Gasteiger partial charge >= 0.3 is 0 Å². The number of ketones is 1. The Bertz CT molecular complexity index is 444. The number of Topliss-reactive ketones (excluding diaryl/α,β-unsaturated/α-hetero) is 1. The monoisotopic (exact) mass is 247 g/mol. The van der Waals surface area contributed by atoms with Crippen molar-refractivity contribution < 1.29 is 9.59 Å². The lowest BCUT2D eigenvalue weighted by molar-refractivity contribution is -0.121. The normalized spacial score (nSPS) is 11.1. The number of carbonyl (C=O) groups is 2. The highest BCUT2D eigenvalue weighted by Gasteiger charge is 2.18. The van der Waals surface area contributed by atoms with E-state index in [0.717, 1.165) is 11.3 Å². The zero-order chi connectivity index (χ0) is 13.8. The predicted octanol–water partition coefficient (Wildman–Crippen LogP) is 3.29. The highest BCUT2D eigenvalue weighted by Crippen LogP contribution is 2.29. The summed E-state index contributed by atoms with van der Waals surface area (Å²) < 4.78 is 0. The van der Waals surface area contributed by atoms with Gasteiger partial charge in [0.15, 0.2) is 0 Å². The molecule has 1 aromatic rings. The van der Waals surface area contributed by atoms with Crippen molar-refractivity contribution in [2.45, 2.75) is 46.0 Å². The molecule has 0 fully saturated rings. The van der Waals surface area contributed by atoms with Crippen LogP contribution in [0.1, 0.15) is 46.1 Å². The smallest absolute Gasteiger partial charge is 0.224 e. The zero-order valence-corrected chi connectivity index (χ0v) is 11.5. The molecular weight excluding hydrogens is 226 g/mol. The summed E-state index contributed by atoms with van der Waals surface area (Å²) in [4.78, 5) is 22.6. The van der Waals surface area contributed by atoms with E-state index in [2.05, 4.69) is 26.1 Å². The quantitative estimate of drug-likeness (QED) is 0.887. The van der Waals surface area contributed by atoms with Crippen molar-refractivity contribution in [1.29, 1.82) is 0 Å². The molecule has 0 heterocycles. The lowest BCUT2D eigenvalue weighted by Crippen LogP contribution is -2.18. The molecule has 98 valence electrons. The summed E-state index contributed by atoms with van der Waals surface area (Å²) >= 11 is 0. The van der Waals surface area contributed by atoms with Gasteiger partial charge in [-0.1, -0.05) is 39.0 Å². The summed E-state index contributed by atoms with van der Waals surface area (Å²) in [6.07, 6.45) is 0.539. The lowest BCUT2D eigenvalue weighted by Gasteiger charge is -2.22. The van der Waals surface area contributed by atoms with Gasteiger partial charge in [0.1, 0.15) is 5.78 Å². The molecule has 0 atom stereocenters.